The van der Waals surface area contributed by atoms with Crippen molar-refractivity contribution in [2.75, 3.05) is 19.8 Å². The van der Waals surface area contributed by atoms with E-state index in [9.17, 15) is 9.59 Å². The van der Waals surface area contributed by atoms with Crippen molar-refractivity contribution >= 4 is 12.0 Å². The number of urea groups is 1. The Morgan fingerprint density at radius 3 is 3.11 bits per heavy atom. The number of carboxylic acids is 1. The molecule has 0 aromatic carbocycles. The van der Waals surface area contributed by atoms with Crippen LogP contribution in [0.2, 0.25) is 0 Å². The molecule has 2 atom stereocenters. The number of amides is 2. The third-order valence-electron chi connectivity index (χ3n) is 3.03. The lowest BCUT2D eigenvalue weighted by Gasteiger charge is -2.33. The van der Waals surface area contributed by atoms with E-state index in [4.69, 9.17) is 9.84 Å². The largest absolute Gasteiger partial charge is 0.480 e. The Labute approximate surface area is 109 Å². The molecule has 1 aliphatic heterocycles. The third kappa shape index (κ3) is 3.02. The summed E-state index contributed by atoms with van der Waals surface area (Å²) in [6, 6.07) is -1.60. The normalized spacial score (nSPS) is 20.9. The highest BCUT2D eigenvalue weighted by Gasteiger charge is 2.33. The second kappa shape index (κ2) is 5.70. The summed E-state index contributed by atoms with van der Waals surface area (Å²) in [5.74, 6) is -1.06. The fraction of sp³-hybridized carbons (Fsp3) is 0.545. The monoisotopic (exact) mass is 268 g/mol. The Kier molecular flexibility index (Phi) is 4.00. The molecule has 1 saturated heterocycles. The van der Waals surface area contributed by atoms with Crippen LogP contribution < -0.4 is 5.32 Å². The van der Waals surface area contributed by atoms with E-state index >= 15 is 0 Å². The van der Waals surface area contributed by atoms with E-state index in [1.807, 2.05) is 0 Å². The summed E-state index contributed by atoms with van der Waals surface area (Å²) in [5.41, 5.74) is 0.827. The van der Waals surface area contributed by atoms with Crippen molar-refractivity contribution in [1.29, 1.82) is 0 Å². The third-order valence-corrected chi connectivity index (χ3v) is 3.03. The number of morpholine rings is 1. The van der Waals surface area contributed by atoms with Crippen molar-refractivity contribution < 1.29 is 19.4 Å². The van der Waals surface area contributed by atoms with Gasteiger partial charge in [-0.05, 0) is 6.92 Å². The Bertz CT molecular complexity index is 448. The second-order valence-corrected chi connectivity index (χ2v) is 4.33. The highest BCUT2D eigenvalue weighted by atomic mass is 16.5. The molecule has 2 heterocycles. The van der Waals surface area contributed by atoms with E-state index in [1.165, 1.54) is 4.90 Å². The number of carbonyl (C=O) groups is 2. The number of H-pyrrole nitrogens is 1. The summed E-state index contributed by atoms with van der Waals surface area (Å²) in [7, 11) is 0. The molecular formula is C11H16N4O4. The van der Waals surface area contributed by atoms with Crippen LogP contribution in [0, 0.1) is 0 Å². The van der Waals surface area contributed by atoms with Crippen LogP contribution in [0.4, 0.5) is 4.79 Å². The van der Waals surface area contributed by atoms with Crippen LogP contribution in [0.15, 0.2) is 12.4 Å². The predicted molar refractivity (Wildman–Crippen MR) is 64.5 cm³/mol. The number of aromatic amines is 1. The van der Waals surface area contributed by atoms with E-state index in [2.05, 4.69) is 15.5 Å². The standard InChI is InChI=1S/C11H16N4O4/c1-7(8-4-12-13-5-8)14-11(18)15-2-3-19-6-9(15)10(16)17/h4-5,7,9H,2-3,6H2,1H3,(H,12,13)(H,14,18)(H,16,17). The van der Waals surface area contributed by atoms with E-state index in [-0.39, 0.29) is 19.2 Å². The number of rotatable bonds is 3. The molecule has 2 unspecified atom stereocenters. The van der Waals surface area contributed by atoms with E-state index in [0.717, 1.165) is 5.56 Å². The minimum Gasteiger partial charge on any atom is -0.480 e. The number of hydrogen-bond donors (Lipinski definition) is 3. The van der Waals surface area contributed by atoms with Crippen LogP contribution >= 0.6 is 0 Å². The summed E-state index contributed by atoms with van der Waals surface area (Å²) in [6.07, 6.45) is 3.29. The van der Waals surface area contributed by atoms with Crippen molar-refractivity contribution in [3.8, 4) is 0 Å². The first-order valence-electron chi connectivity index (χ1n) is 5.96. The first-order chi connectivity index (χ1) is 9.09. The molecular weight excluding hydrogens is 252 g/mol. The smallest absolute Gasteiger partial charge is 0.328 e. The summed E-state index contributed by atoms with van der Waals surface area (Å²) >= 11 is 0. The van der Waals surface area contributed by atoms with Crippen LogP contribution in [0.5, 0.6) is 0 Å². The van der Waals surface area contributed by atoms with Gasteiger partial charge < -0.3 is 20.1 Å². The molecule has 0 radical (unpaired) electrons. The Balaban J connectivity index is 2.00. The lowest BCUT2D eigenvalue weighted by atomic mass is 10.2. The van der Waals surface area contributed by atoms with Gasteiger partial charge in [0.15, 0.2) is 6.04 Å². The van der Waals surface area contributed by atoms with Crippen LogP contribution in [-0.4, -0.2) is 58.0 Å². The van der Waals surface area contributed by atoms with E-state index < -0.39 is 18.0 Å². The average Bonchev–Trinajstić information content (AvgIpc) is 2.92. The molecule has 1 aromatic heterocycles. The minimum absolute atomic E-state index is 0.0167. The number of carbonyl (C=O) groups excluding carboxylic acids is 1. The molecule has 2 rings (SSSR count). The number of nitrogens with zero attached hydrogens (tertiary/aromatic N) is 2. The molecule has 8 nitrogen and oxygen atoms in total. The van der Waals surface area contributed by atoms with Crippen LogP contribution in [0.1, 0.15) is 18.5 Å². The first-order valence-corrected chi connectivity index (χ1v) is 5.96. The van der Waals surface area contributed by atoms with E-state index in [0.29, 0.717) is 6.61 Å². The van der Waals surface area contributed by atoms with Gasteiger partial charge in [0.05, 0.1) is 25.5 Å². The van der Waals surface area contributed by atoms with E-state index in [1.54, 1.807) is 19.3 Å². The first kappa shape index (κ1) is 13.3. The quantitative estimate of drug-likeness (QED) is 0.713. The number of aromatic nitrogens is 2. The molecule has 2 amide bonds. The SMILES string of the molecule is CC(NC(=O)N1CCOCC1C(=O)O)c1cn[nH]c1. The lowest BCUT2D eigenvalue weighted by Crippen LogP contribution is -2.55. The van der Waals surface area contributed by atoms with Gasteiger partial charge >= 0.3 is 12.0 Å². The zero-order valence-corrected chi connectivity index (χ0v) is 10.5. The van der Waals surface area contributed by atoms with Crippen LogP contribution in [0.25, 0.3) is 0 Å². The Hall–Kier alpha value is -2.09. The second-order valence-electron chi connectivity index (χ2n) is 4.33. The van der Waals surface area contributed by atoms with Gasteiger partial charge in [0.1, 0.15) is 0 Å². The van der Waals surface area contributed by atoms with Crippen LogP contribution in [0.3, 0.4) is 0 Å². The molecule has 1 fully saturated rings. The Morgan fingerprint density at radius 2 is 2.47 bits per heavy atom. The molecule has 0 bridgehead atoms. The minimum atomic E-state index is -1.06. The number of hydrogen-bond acceptors (Lipinski definition) is 4. The summed E-state index contributed by atoms with van der Waals surface area (Å²) in [5, 5.41) is 18.3. The van der Waals surface area contributed by atoms with Gasteiger partial charge in [-0.2, -0.15) is 5.10 Å². The zero-order chi connectivity index (χ0) is 13.8. The molecule has 3 N–H and O–H groups in total. The molecule has 1 aliphatic rings. The number of carboxylic acid groups (broad SMARTS) is 1. The highest BCUT2D eigenvalue weighted by molar-refractivity contribution is 5.83. The van der Waals surface area contributed by atoms with Gasteiger partial charge in [0.2, 0.25) is 0 Å². The molecule has 19 heavy (non-hydrogen) atoms. The van der Waals surface area contributed by atoms with Crippen molar-refractivity contribution in [3.05, 3.63) is 18.0 Å². The van der Waals surface area contributed by atoms with Gasteiger partial charge in [-0.15, -0.1) is 0 Å². The van der Waals surface area contributed by atoms with Gasteiger partial charge in [-0.25, -0.2) is 9.59 Å². The van der Waals surface area contributed by atoms with Gasteiger partial charge in [0, 0.05) is 18.3 Å². The number of nitrogens with one attached hydrogen (secondary N) is 2. The van der Waals surface area contributed by atoms with Gasteiger partial charge in [-0.3, -0.25) is 5.10 Å². The molecule has 0 aliphatic carbocycles. The molecule has 8 heteroatoms. The summed E-state index contributed by atoms with van der Waals surface area (Å²) in [4.78, 5) is 24.4. The van der Waals surface area contributed by atoms with Gasteiger partial charge in [0.25, 0.3) is 0 Å². The summed E-state index contributed by atoms with van der Waals surface area (Å²) < 4.78 is 5.08. The maximum absolute atomic E-state index is 12.1. The number of aliphatic carboxylic acids is 1. The van der Waals surface area contributed by atoms with Crippen molar-refractivity contribution in [3.63, 3.8) is 0 Å². The average molecular weight is 268 g/mol. The van der Waals surface area contributed by atoms with Crippen molar-refractivity contribution in [2.45, 2.75) is 19.0 Å². The predicted octanol–water partition coefficient (Wildman–Crippen LogP) is -0.0343. The molecule has 0 saturated carbocycles. The van der Waals surface area contributed by atoms with Gasteiger partial charge in [-0.1, -0.05) is 0 Å². The van der Waals surface area contributed by atoms with Crippen molar-refractivity contribution in [2.24, 2.45) is 0 Å². The zero-order valence-electron chi connectivity index (χ0n) is 10.5. The lowest BCUT2D eigenvalue weighted by molar-refractivity contribution is -0.147. The maximum atomic E-state index is 12.1. The maximum Gasteiger partial charge on any atom is 0.328 e. The highest BCUT2D eigenvalue weighted by Crippen LogP contribution is 2.12. The van der Waals surface area contributed by atoms with Crippen LogP contribution in [-0.2, 0) is 9.53 Å². The molecule has 1 aromatic rings. The summed E-state index contributed by atoms with van der Waals surface area (Å²) in [6.45, 7) is 2.43. The Morgan fingerprint density at radius 1 is 1.68 bits per heavy atom. The fourth-order valence-corrected chi connectivity index (χ4v) is 1.90. The molecule has 0 spiro atoms. The van der Waals surface area contributed by atoms with Crippen molar-refractivity contribution in [1.82, 2.24) is 20.4 Å². The molecule has 104 valence electrons. The fourth-order valence-electron chi connectivity index (χ4n) is 1.90. The number of ether oxygens (including phenoxy) is 1. The topological polar surface area (TPSA) is 108 Å².